The molecule has 1 aliphatic heterocycles. The molecule has 2 saturated carbocycles. The highest BCUT2D eigenvalue weighted by Crippen LogP contribution is 2.49. The lowest BCUT2D eigenvalue weighted by molar-refractivity contribution is -0.0440. The molecule has 3 fully saturated rings. The van der Waals surface area contributed by atoms with Crippen molar-refractivity contribution in [3.8, 4) is 0 Å². The van der Waals surface area contributed by atoms with Crippen molar-refractivity contribution in [2.24, 2.45) is 17.8 Å². The number of sulfonamides is 1. The zero-order valence-electron chi connectivity index (χ0n) is 17.5. The van der Waals surface area contributed by atoms with Crippen molar-refractivity contribution in [2.45, 2.75) is 69.6 Å². The van der Waals surface area contributed by atoms with Crippen molar-refractivity contribution in [2.75, 3.05) is 13.1 Å². The smallest absolute Gasteiger partial charge is 0.251 e. The standard InChI is InChI=1S/C22H32N2O4S/c1-14-12-24(13-15(2)28-14)29(26,27)20-6-4-5-19(11-20)22(25)23-16(3)21-10-17-7-8-18(21)9-17/h4-6,11,14-18,21H,7-10,12-13H2,1-3H3,(H,23,25)/t14-,15+,16-,17+,18+,21+/m1/s1. The number of benzene rings is 1. The number of rotatable bonds is 5. The Hall–Kier alpha value is -1.44. The second-order valence-corrected chi connectivity index (χ2v) is 11.1. The van der Waals surface area contributed by atoms with Gasteiger partial charge in [0.2, 0.25) is 10.0 Å². The van der Waals surface area contributed by atoms with Gasteiger partial charge in [0.1, 0.15) is 0 Å². The van der Waals surface area contributed by atoms with E-state index in [4.69, 9.17) is 4.74 Å². The molecule has 6 atom stereocenters. The van der Waals surface area contributed by atoms with Gasteiger partial charge in [0.15, 0.2) is 0 Å². The first-order valence-electron chi connectivity index (χ1n) is 10.8. The van der Waals surface area contributed by atoms with Crippen molar-refractivity contribution in [1.82, 2.24) is 9.62 Å². The van der Waals surface area contributed by atoms with Crippen LogP contribution in [0.4, 0.5) is 0 Å². The molecule has 0 unspecified atom stereocenters. The van der Waals surface area contributed by atoms with Crippen molar-refractivity contribution in [3.63, 3.8) is 0 Å². The van der Waals surface area contributed by atoms with Gasteiger partial charge in [0.05, 0.1) is 17.1 Å². The van der Waals surface area contributed by atoms with Gasteiger partial charge in [-0.1, -0.05) is 12.5 Å². The molecule has 2 bridgehead atoms. The minimum Gasteiger partial charge on any atom is -0.373 e. The largest absolute Gasteiger partial charge is 0.373 e. The Balaban J connectivity index is 1.47. The van der Waals surface area contributed by atoms with E-state index in [1.54, 1.807) is 18.2 Å². The van der Waals surface area contributed by atoms with Gasteiger partial charge in [-0.3, -0.25) is 4.79 Å². The van der Waals surface area contributed by atoms with E-state index >= 15 is 0 Å². The van der Waals surface area contributed by atoms with Crippen molar-refractivity contribution >= 4 is 15.9 Å². The third-order valence-electron chi connectivity index (χ3n) is 6.91. The van der Waals surface area contributed by atoms with Gasteiger partial charge in [0.25, 0.3) is 5.91 Å². The van der Waals surface area contributed by atoms with E-state index in [0.29, 0.717) is 24.6 Å². The number of ether oxygens (including phenoxy) is 1. The molecule has 29 heavy (non-hydrogen) atoms. The van der Waals surface area contributed by atoms with E-state index in [9.17, 15) is 13.2 Å². The molecule has 1 amide bonds. The van der Waals surface area contributed by atoms with Gasteiger partial charge in [-0.25, -0.2) is 8.42 Å². The second-order valence-electron chi connectivity index (χ2n) is 9.21. The number of amides is 1. The predicted molar refractivity (Wildman–Crippen MR) is 111 cm³/mol. The number of nitrogens with zero attached hydrogens (tertiary/aromatic N) is 1. The minimum atomic E-state index is -3.66. The highest BCUT2D eigenvalue weighted by molar-refractivity contribution is 7.89. The topological polar surface area (TPSA) is 75.7 Å². The van der Waals surface area contributed by atoms with Crippen LogP contribution in [0.1, 0.15) is 56.8 Å². The van der Waals surface area contributed by atoms with E-state index in [2.05, 4.69) is 12.2 Å². The molecule has 7 heteroatoms. The summed E-state index contributed by atoms with van der Waals surface area (Å²) in [5, 5.41) is 3.13. The Morgan fingerprint density at radius 3 is 2.52 bits per heavy atom. The van der Waals surface area contributed by atoms with Crippen LogP contribution in [0.5, 0.6) is 0 Å². The van der Waals surface area contributed by atoms with Gasteiger partial charge in [-0.15, -0.1) is 0 Å². The Morgan fingerprint density at radius 1 is 1.17 bits per heavy atom. The van der Waals surface area contributed by atoms with Gasteiger partial charge in [0, 0.05) is 24.7 Å². The number of carbonyl (C=O) groups excluding carboxylic acids is 1. The lowest BCUT2D eigenvalue weighted by Crippen LogP contribution is -2.48. The zero-order valence-corrected chi connectivity index (χ0v) is 18.3. The van der Waals surface area contributed by atoms with Crippen LogP contribution < -0.4 is 5.32 Å². The van der Waals surface area contributed by atoms with Gasteiger partial charge >= 0.3 is 0 Å². The maximum Gasteiger partial charge on any atom is 0.251 e. The molecule has 0 aromatic heterocycles. The van der Waals surface area contributed by atoms with Crippen molar-refractivity contribution in [1.29, 1.82) is 0 Å². The normalized spacial score (nSPS) is 33.6. The molecule has 1 saturated heterocycles. The van der Waals surface area contributed by atoms with Gasteiger partial charge in [-0.05, 0) is 76.0 Å². The SMILES string of the molecule is C[C@@H]1CN(S(=O)(=O)c2cccc(C(=O)N[C@H](C)[C@@H]3C[C@H]4CC[C@H]3C4)c2)C[C@H](C)O1. The maximum absolute atomic E-state index is 13.1. The van der Waals surface area contributed by atoms with Crippen LogP contribution in [-0.2, 0) is 14.8 Å². The van der Waals surface area contributed by atoms with E-state index in [1.807, 2.05) is 13.8 Å². The molecule has 1 heterocycles. The van der Waals surface area contributed by atoms with Crippen LogP contribution in [-0.4, -0.2) is 50.0 Å². The summed E-state index contributed by atoms with van der Waals surface area (Å²) in [4.78, 5) is 13.0. The Morgan fingerprint density at radius 2 is 1.90 bits per heavy atom. The fraction of sp³-hybridized carbons (Fsp3) is 0.682. The molecule has 160 valence electrons. The number of hydrogen-bond donors (Lipinski definition) is 1. The monoisotopic (exact) mass is 420 g/mol. The van der Waals surface area contributed by atoms with Crippen LogP contribution in [0.2, 0.25) is 0 Å². The van der Waals surface area contributed by atoms with Crippen LogP contribution in [0, 0.1) is 17.8 Å². The molecular formula is C22H32N2O4S. The van der Waals surface area contributed by atoms with Gasteiger partial charge in [-0.2, -0.15) is 4.31 Å². The van der Waals surface area contributed by atoms with E-state index in [-0.39, 0.29) is 29.1 Å². The molecular weight excluding hydrogens is 388 g/mol. The molecule has 2 aliphatic carbocycles. The van der Waals surface area contributed by atoms with Crippen LogP contribution in [0.25, 0.3) is 0 Å². The van der Waals surface area contributed by atoms with E-state index < -0.39 is 10.0 Å². The minimum absolute atomic E-state index is 0.110. The summed E-state index contributed by atoms with van der Waals surface area (Å²) in [5.74, 6) is 1.91. The van der Waals surface area contributed by atoms with Gasteiger partial charge < -0.3 is 10.1 Å². The Bertz CT molecular complexity index is 861. The summed E-state index contributed by atoms with van der Waals surface area (Å²) in [7, 11) is -3.66. The number of hydrogen-bond acceptors (Lipinski definition) is 4. The fourth-order valence-electron chi connectivity index (χ4n) is 5.58. The molecule has 1 aromatic rings. The summed E-state index contributed by atoms with van der Waals surface area (Å²) in [5.41, 5.74) is 0.399. The quantitative estimate of drug-likeness (QED) is 0.794. The molecule has 3 aliphatic rings. The Kier molecular flexibility index (Phi) is 5.75. The van der Waals surface area contributed by atoms with Crippen LogP contribution in [0.3, 0.4) is 0 Å². The average Bonchev–Trinajstić information content (AvgIpc) is 3.31. The number of nitrogens with one attached hydrogen (secondary N) is 1. The predicted octanol–water partition coefficient (Wildman–Crippen LogP) is 3.04. The highest BCUT2D eigenvalue weighted by atomic mass is 32.2. The average molecular weight is 421 g/mol. The first kappa shape index (κ1) is 20.8. The van der Waals surface area contributed by atoms with Crippen LogP contribution >= 0.6 is 0 Å². The number of fused-ring (bicyclic) bond motifs is 2. The first-order chi connectivity index (χ1) is 13.7. The Labute approximate surface area is 174 Å². The number of morpholine rings is 1. The highest BCUT2D eigenvalue weighted by Gasteiger charge is 2.42. The van der Waals surface area contributed by atoms with Crippen molar-refractivity contribution < 1.29 is 17.9 Å². The summed E-state index contributed by atoms with van der Waals surface area (Å²) < 4.78 is 33.3. The summed E-state index contributed by atoms with van der Waals surface area (Å²) in [6.45, 7) is 6.48. The fourth-order valence-corrected chi connectivity index (χ4v) is 7.21. The zero-order chi connectivity index (χ0) is 20.8. The molecule has 0 spiro atoms. The van der Waals surface area contributed by atoms with E-state index in [0.717, 1.165) is 11.8 Å². The van der Waals surface area contributed by atoms with Crippen LogP contribution in [0.15, 0.2) is 29.2 Å². The number of carbonyl (C=O) groups is 1. The molecule has 4 rings (SSSR count). The second kappa shape index (κ2) is 8.00. The molecule has 0 radical (unpaired) electrons. The lowest BCUT2D eigenvalue weighted by atomic mass is 9.84. The molecule has 1 N–H and O–H groups in total. The molecule has 6 nitrogen and oxygen atoms in total. The summed E-state index contributed by atoms with van der Waals surface area (Å²) in [6, 6.07) is 6.52. The molecule has 1 aromatic carbocycles. The maximum atomic E-state index is 13.1. The first-order valence-corrected chi connectivity index (χ1v) is 12.2. The summed E-state index contributed by atoms with van der Waals surface area (Å²) >= 11 is 0. The lowest BCUT2D eigenvalue weighted by Gasteiger charge is -2.34. The van der Waals surface area contributed by atoms with E-state index in [1.165, 1.54) is 36.1 Å². The summed E-state index contributed by atoms with van der Waals surface area (Å²) in [6.07, 6.45) is 4.81. The van der Waals surface area contributed by atoms with Crippen molar-refractivity contribution in [3.05, 3.63) is 29.8 Å². The third kappa shape index (κ3) is 4.23. The third-order valence-corrected chi connectivity index (χ3v) is 8.74.